The summed E-state index contributed by atoms with van der Waals surface area (Å²) in [5, 5.41) is 9.40. The minimum atomic E-state index is -0.613. The molecule has 0 heterocycles. The van der Waals surface area contributed by atoms with Crippen LogP contribution in [0.2, 0.25) is 0 Å². The predicted octanol–water partition coefficient (Wildman–Crippen LogP) is 1.02. The molecule has 0 amide bonds. The van der Waals surface area contributed by atoms with Crippen LogP contribution >= 0.6 is 0 Å². The van der Waals surface area contributed by atoms with Crippen molar-refractivity contribution in [3.8, 4) is 0 Å². The van der Waals surface area contributed by atoms with Gasteiger partial charge in [0.1, 0.15) is 0 Å². The number of aliphatic hydroxyl groups is 1. The number of hydrogen-bond acceptors (Lipinski definition) is 3. The first-order valence-electron chi connectivity index (χ1n) is 4.31. The summed E-state index contributed by atoms with van der Waals surface area (Å²) in [4.78, 5) is 11.2. The molecule has 0 aromatic heterocycles. The summed E-state index contributed by atoms with van der Waals surface area (Å²) in [5.41, 5.74) is 0.433. The van der Waals surface area contributed by atoms with Crippen LogP contribution in [0, 0.1) is 0 Å². The number of carbonyl (C=O) groups is 1. The molecule has 12 heavy (non-hydrogen) atoms. The first-order valence-corrected chi connectivity index (χ1v) is 4.31. The van der Waals surface area contributed by atoms with Gasteiger partial charge in [0.2, 0.25) is 0 Å². The maximum atomic E-state index is 11.2. The molecule has 0 saturated carbocycles. The fraction of sp³-hybridized carbons (Fsp3) is 0.667. The van der Waals surface area contributed by atoms with E-state index in [0.717, 1.165) is 12.8 Å². The summed E-state index contributed by atoms with van der Waals surface area (Å²) in [5.74, 6) is -0.371. The average Bonchev–Trinajstić information content (AvgIpc) is 2.05. The van der Waals surface area contributed by atoms with Crippen LogP contribution in [-0.4, -0.2) is 23.8 Å². The van der Waals surface area contributed by atoms with Gasteiger partial charge in [0.15, 0.2) is 0 Å². The molecule has 1 aliphatic rings. The van der Waals surface area contributed by atoms with Gasteiger partial charge in [-0.15, -0.1) is 0 Å². The summed E-state index contributed by atoms with van der Waals surface area (Å²) in [6.07, 6.45) is 3.64. The van der Waals surface area contributed by atoms with Crippen molar-refractivity contribution in [1.82, 2.24) is 0 Å². The van der Waals surface area contributed by atoms with E-state index in [1.807, 2.05) is 0 Å². The number of esters is 1. The quantitative estimate of drug-likeness (QED) is 0.629. The molecule has 0 radical (unpaired) electrons. The van der Waals surface area contributed by atoms with Crippen molar-refractivity contribution in [1.29, 1.82) is 0 Å². The van der Waals surface area contributed by atoms with Crippen molar-refractivity contribution in [2.45, 2.75) is 32.3 Å². The maximum Gasteiger partial charge on any atom is 0.336 e. The number of hydrogen-bond donors (Lipinski definition) is 1. The van der Waals surface area contributed by atoms with E-state index in [2.05, 4.69) is 0 Å². The molecule has 0 aromatic carbocycles. The molecule has 68 valence electrons. The van der Waals surface area contributed by atoms with Crippen LogP contribution in [0.4, 0.5) is 0 Å². The van der Waals surface area contributed by atoms with Crippen LogP contribution in [0.25, 0.3) is 0 Å². The first kappa shape index (κ1) is 9.26. The van der Waals surface area contributed by atoms with Crippen LogP contribution in [-0.2, 0) is 9.53 Å². The van der Waals surface area contributed by atoms with Crippen molar-refractivity contribution in [3.63, 3.8) is 0 Å². The summed E-state index contributed by atoms with van der Waals surface area (Å²) >= 11 is 0. The van der Waals surface area contributed by atoms with Gasteiger partial charge in [0.25, 0.3) is 0 Å². The van der Waals surface area contributed by atoms with Gasteiger partial charge in [-0.3, -0.25) is 0 Å². The molecule has 0 unspecified atom stereocenters. The van der Waals surface area contributed by atoms with Gasteiger partial charge >= 0.3 is 5.97 Å². The minimum Gasteiger partial charge on any atom is -0.463 e. The third kappa shape index (κ3) is 2.08. The third-order valence-corrected chi connectivity index (χ3v) is 1.92. The molecular weight excluding hydrogens is 156 g/mol. The minimum absolute atomic E-state index is 0.364. The summed E-state index contributed by atoms with van der Waals surface area (Å²) in [6.45, 7) is 2.12. The lowest BCUT2D eigenvalue weighted by Gasteiger charge is -2.17. The Hall–Kier alpha value is -0.830. The molecule has 0 saturated heterocycles. The monoisotopic (exact) mass is 170 g/mol. The van der Waals surface area contributed by atoms with E-state index in [0.29, 0.717) is 18.6 Å². The Morgan fingerprint density at radius 1 is 1.83 bits per heavy atom. The third-order valence-electron chi connectivity index (χ3n) is 1.92. The Morgan fingerprint density at radius 3 is 3.17 bits per heavy atom. The van der Waals surface area contributed by atoms with Crippen molar-refractivity contribution in [2.75, 3.05) is 6.61 Å². The average molecular weight is 170 g/mol. The van der Waals surface area contributed by atoms with Crippen molar-refractivity contribution in [3.05, 3.63) is 11.6 Å². The highest BCUT2D eigenvalue weighted by Crippen LogP contribution is 2.19. The summed E-state index contributed by atoms with van der Waals surface area (Å²) < 4.78 is 4.78. The molecular formula is C9H14O3. The molecule has 1 aliphatic carbocycles. The van der Waals surface area contributed by atoms with E-state index in [4.69, 9.17) is 4.74 Å². The van der Waals surface area contributed by atoms with Gasteiger partial charge in [0, 0.05) is 0 Å². The molecule has 1 rings (SSSR count). The number of rotatable bonds is 2. The molecule has 0 spiro atoms. The highest BCUT2D eigenvalue weighted by Gasteiger charge is 2.21. The van der Waals surface area contributed by atoms with Crippen LogP contribution < -0.4 is 0 Å². The maximum absolute atomic E-state index is 11.2. The lowest BCUT2D eigenvalue weighted by Crippen LogP contribution is -2.22. The highest BCUT2D eigenvalue weighted by atomic mass is 16.5. The molecule has 0 fully saturated rings. The predicted molar refractivity (Wildman–Crippen MR) is 44.6 cm³/mol. The molecule has 3 heteroatoms. The topological polar surface area (TPSA) is 46.5 Å². The van der Waals surface area contributed by atoms with Gasteiger partial charge in [0.05, 0.1) is 18.3 Å². The highest BCUT2D eigenvalue weighted by molar-refractivity contribution is 5.89. The van der Waals surface area contributed by atoms with Gasteiger partial charge < -0.3 is 9.84 Å². The van der Waals surface area contributed by atoms with Crippen LogP contribution in [0.3, 0.4) is 0 Å². The van der Waals surface area contributed by atoms with Crippen molar-refractivity contribution in [2.24, 2.45) is 0 Å². The molecule has 0 aromatic rings. The Bertz CT molecular complexity index is 196. The van der Waals surface area contributed by atoms with Gasteiger partial charge in [-0.25, -0.2) is 4.79 Å². The Balaban J connectivity index is 2.59. The second kappa shape index (κ2) is 4.26. The molecule has 3 nitrogen and oxygen atoms in total. The van der Waals surface area contributed by atoms with Crippen LogP contribution in [0.1, 0.15) is 26.2 Å². The largest absolute Gasteiger partial charge is 0.463 e. The van der Waals surface area contributed by atoms with E-state index in [1.54, 1.807) is 13.0 Å². The van der Waals surface area contributed by atoms with Crippen molar-refractivity contribution < 1.29 is 14.6 Å². The van der Waals surface area contributed by atoms with E-state index in [9.17, 15) is 9.90 Å². The number of carbonyl (C=O) groups excluding carboxylic acids is 1. The number of allylic oxidation sites excluding steroid dienone is 1. The SMILES string of the molecule is CCOC(=O)C1=CCCC[C@H]1O. The molecule has 0 bridgehead atoms. The summed E-state index contributed by atoms with van der Waals surface area (Å²) in [7, 11) is 0. The number of ether oxygens (including phenoxy) is 1. The lowest BCUT2D eigenvalue weighted by molar-refractivity contribution is -0.139. The Morgan fingerprint density at radius 2 is 2.58 bits per heavy atom. The lowest BCUT2D eigenvalue weighted by atomic mass is 9.97. The smallest absolute Gasteiger partial charge is 0.336 e. The van der Waals surface area contributed by atoms with Crippen LogP contribution in [0.15, 0.2) is 11.6 Å². The molecule has 1 atom stereocenters. The zero-order valence-electron chi connectivity index (χ0n) is 7.25. The van der Waals surface area contributed by atoms with E-state index in [1.165, 1.54) is 0 Å². The first-order chi connectivity index (χ1) is 5.75. The Kier molecular flexibility index (Phi) is 3.29. The second-order valence-corrected chi connectivity index (χ2v) is 2.83. The molecule has 0 aliphatic heterocycles. The zero-order valence-corrected chi connectivity index (χ0v) is 7.25. The fourth-order valence-corrected chi connectivity index (χ4v) is 1.29. The van der Waals surface area contributed by atoms with Gasteiger partial charge in [-0.2, -0.15) is 0 Å². The van der Waals surface area contributed by atoms with E-state index in [-0.39, 0.29) is 5.97 Å². The zero-order chi connectivity index (χ0) is 8.97. The van der Waals surface area contributed by atoms with Crippen molar-refractivity contribution >= 4 is 5.97 Å². The van der Waals surface area contributed by atoms with E-state index >= 15 is 0 Å². The Labute approximate surface area is 72.0 Å². The van der Waals surface area contributed by atoms with E-state index < -0.39 is 6.10 Å². The fourth-order valence-electron chi connectivity index (χ4n) is 1.29. The van der Waals surface area contributed by atoms with Gasteiger partial charge in [-0.05, 0) is 26.2 Å². The second-order valence-electron chi connectivity index (χ2n) is 2.83. The summed E-state index contributed by atoms with van der Waals surface area (Å²) in [6, 6.07) is 0. The number of aliphatic hydroxyl groups excluding tert-OH is 1. The normalized spacial score (nSPS) is 23.2. The molecule has 1 N–H and O–H groups in total. The van der Waals surface area contributed by atoms with Crippen LogP contribution in [0.5, 0.6) is 0 Å². The standard InChI is InChI=1S/C9H14O3/c1-2-12-9(11)7-5-3-4-6-8(7)10/h5,8,10H,2-4,6H2,1H3/t8-/m1/s1. The van der Waals surface area contributed by atoms with Gasteiger partial charge in [-0.1, -0.05) is 6.08 Å².